The average molecular weight is 183 g/mol. The van der Waals surface area contributed by atoms with E-state index in [0.717, 1.165) is 0 Å². The van der Waals surface area contributed by atoms with Gasteiger partial charge in [-0.1, -0.05) is 54.7 Å². The molecule has 0 N–H and O–H groups in total. The molecule has 0 heterocycles. The number of hydrogen-bond acceptors (Lipinski definition) is 0. The Morgan fingerprint density at radius 3 is 2.67 bits per heavy atom. The maximum Gasteiger partial charge on any atom is 0.0980 e. The van der Waals surface area contributed by atoms with Gasteiger partial charge in [0.15, 0.2) is 0 Å². The van der Waals surface area contributed by atoms with Crippen LogP contribution >= 0.6 is 23.2 Å². The third-order valence-corrected chi connectivity index (χ3v) is 3.54. The van der Waals surface area contributed by atoms with Crippen molar-refractivity contribution in [3.8, 4) is 0 Å². The molecule has 0 fully saturated rings. The molecule has 0 aromatic carbocycles. The van der Waals surface area contributed by atoms with Crippen molar-refractivity contribution in [1.82, 2.24) is 0 Å². The lowest BCUT2D eigenvalue weighted by molar-refractivity contribution is 0.881. The summed E-state index contributed by atoms with van der Waals surface area (Å²) in [4.78, 5) is 0. The molecule has 0 aliphatic rings. The minimum atomic E-state index is -0.0731. The van der Waals surface area contributed by atoms with Gasteiger partial charge in [0.1, 0.15) is 0 Å². The molecule has 0 unspecified atom stereocenters. The molecule has 0 aliphatic carbocycles. The van der Waals surface area contributed by atoms with Crippen LogP contribution in [0.15, 0.2) is 10.2 Å². The summed E-state index contributed by atoms with van der Waals surface area (Å²) in [5, 5.41) is 0. The van der Waals surface area contributed by atoms with E-state index in [1.807, 2.05) is 5.70 Å². The normalized spacial score (nSPS) is 10.6. The smallest absolute Gasteiger partial charge is 0.0719 e. The molecule has 0 aromatic heterocycles. The zero-order valence-corrected chi connectivity index (χ0v) is 8.59. The number of unbranched alkanes of at least 4 members (excludes halogenated alkanes) is 1. The summed E-state index contributed by atoms with van der Waals surface area (Å²) in [5.41, 5.74) is 1.98. The van der Waals surface area contributed by atoms with Crippen LogP contribution in [0.4, 0.5) is 0 Å². The lowest BCUT2D eigenvalue weighted by atomic mass is 10.4. The van der Waals surface area contributed by atoms with Crippen molar-refractivity contribution in [2.24, 2.45) is 0 Å². The van der Waals surface area contributed by atoms with Gasteiger partial charge < -0.3 is 0 Å². The Morgan fingerprint density at radius 2 is 2.22 bits per heavy atom. The van der Waals surface area contributed by atoms with Crippen LogP contribution in [0.1, 0.15) is 19.8 Å². The highest BCUT2D eigenvalue weighted by molar-refractivity contribution is 6.60. The molecule has 0 aromatic rings. The van der Waals surface area contributed by atoms with Gasteiger partial charge in [-0.2, -0.15) is 0 Å². The fourth-order valence-corrected chi connectivity index (χ4v) is 2.47. The molecule has 0 bridgehead atoms. The molecule has 54 valence electrons. The quantitative estimate of drug-likeness (QED) is 0.464. The van der Waals surface area contributed by atoms with E-state index in [1.54, 1.807) is 0 Å². The Kier molecular flexibility index (Phi) is 7.05. The zero-order valence-electron chi connectivity index (χ0n) is 5.66. The van der Waals surface area contributed by atoms with Crippen LogP contribution in [0, 0.1) is 0 Å². The van der Waals surface area contributed by atoms with Crippen molar-refractivity contribution in [2.75, 3.05) is 0 Å². The fraction of sp³-hybridized carbons (Fsp3) is 0.667. The van der Waals surface area contributed by atoms with Crippen molar-refractivity contribution in [3.05, 3.63) is 10.2 Å². The summed E-state index contributed by atoms with van der Waals surface area (Å²) in [6.45, 7) is 2.19. The first-order valence-corrected chi connectivity index (χ1v) is 5.85. The van der Waals surface area contributed by atoms with Gasteiger partial charge in [0.2, 0.25) is 0 Å². The molecular formula is C6H12Cl2Si. The first-order valence-electron chi connectivity index (χ1n) is 3.28. The van der Waals surface area contributed by atoms with Gasteiger partial charge >= 0.3 is 0 Å². The van der Waals surface area contributed by atoms with Crippen molar-refractivity contribution in [2.45, 2.75) is 25.8 Å². The molecule has 0 saturated heterocycles. The van der Waals surface area contributed by atoms with Crippen LogP contribution in [-0.4, -0.2) is 9.52 Å². The standard InChI is InChI=1S/C6H12Cl2Si/c1-2-3-4-9-5-6(7)8/h5H,2-4,9H2,1H3. The predicted octanol–water partition coefficient (Wildman–Crippen LogP) is 2.65. The van der Waals surface area contributed by atoms with E-state index in [0.29, 0.717) is 4.49 Å². The topological polar surface area (TPSA) is 0 Å². The Morgan fingerprint density at radius 1 is 1.56 bits per heavy atom. The largest absolute Gasteiger partial charge is 0.0980 e. The van der Waals surface area contributed by atoms with Crippen LogP contribution in [0.3, 0.4) is 0 Å². The van der Waals surface area contributed by atoms with Gasteiger partial charge in [-0.3, -0.25) is 0 Å². The van der Waals surface area contributed by atoms with Gasteiger partial charge in [0.05, 0.1) is 4.49 Å². The van der Waals surface area contributed by atoms with Crippen LogP contribution < -0.4 is 0 Å². The molecule has 0 atom stereocenters. The molecule has 0 nitrogen and oxygen atoms in total. The SMILES string of the molecule is CCCC[SiH2]C=C(Cl)Cl. The maximum absolute atomic E-state index is 5.42. The summed E-state index contributed by atoms with van der Waals surface area (Å²) >= 11 is 10.8. The summed E-state index contributed by atoms with van der Waals surface area (Å²) in [6, 6.07) is 1.33. The Bertz CT molecular complexity index is 87.1. The van der Waals surface area contributed by atoms with Crippen LogP contribution in [-0.2, 0) is 0 Å². The Hall–Kier alpha value is 0.537. The number of hydrogen-bond donors (Lipinski definition) is 0. The monoisotopic (exact) mass is 182 g/mol. The van der Waals surface area contributed by atoms with Gasteiger partial charge in [-0.25, -0.2) is 0 Å². The van der Waals surface area contributed by atoms with E-state index < -0.39 is 0 Å². The van der Waals surface area contributed by atoms with Crippen molar-refractivity contribution < 1.29 is 0 Å². The summed E-state index contributed by atoms with van der Waals surface area (Å²) in [5.74, 6) is 0. The minimum absolute atomic E-state index is 0.0731. The van der Waals surface area contributed by atoms with Gasteiger partial charge in [-0.05, 0) is 0 Å². The highest BCUT2D eigenvalue weighted by Crippen LogP contribution is 2.05. The minimum Gasteiger partial charge on any atom is -0.0719 e. The van der Waals surface area contributed by atoms with Gasteiger partial charge in [-0.15, -0.1) is 0 Å². The van der Waals surface area contributed by atoms with E-state index in [1.165, 1.54) is 18.9 Å². The third kappa shape index (κ3) is 8.54. The van der Waals surface area contributed by atoms with Crippen molar-refractivity contribution in [3.63, 3.8) is 0 Å². The van der Waals surface area contributed by atoms with Crippen LogP contribution in [0.2, 0.25) is 6.04 Å². The predicted molar refractivity (Wildman–Crippen MR) is 48.0 cm³/mol. The molecule has 0 saturated carbocycles. The second-order valence-corrected chi connectivity index (χ2v) is 4.69. The fourth-order valence-electron chi connectivity index (χ4n) is 0.606. The molecule has 0 spiro atoms. The first-order chi connectivity index (χ1) is 4.27. The zero-order chi connectivity index (χ0) is 7.11. The van der Waals surface area contributed by atoms with Gasteiger partial charge in [0.25, 0.3) is 0 Å². The van der Waals surface area contributed by atoms with E-state index in [4.69, 9.17) is 23.2 Å². The number of halogens is 2. The van der Waals surface area contributed by atoms with E-state index in [9.17, 15) is 0 Å². The second-order valence-electron chi connectivity index (χ2n) is 1.99. The molecule has 0 rings (SSSR count). The van der Waals surface area contributed by atoms with E-state index in [2.05, 4.69) is 6.92 Å². The van der Waals surface area contributed by atoms with Crippen LogP contribution in [0.5, 0.6) is 0 Å². The summed E-state index contributed by atoms with van der Waals surface area (Å²) in [7, 11) is -0.0731. The molecule has 0 radical (unpaired) electrons. The highest BCUT2D eigenvalue weighted by atomic mass is 35.5. The average Bonchev–Trinajstić information content (AvgIpc) is 1.80. The third-order valence-electron chi connectivity index (χ3n) is 1.11. The lowest BCUT2D eigenvalue weighted by Crippen LogP contribution is -1.82. The van der Waals surface area contributed by atoms with Crippen molar-refractivity contribution >= 4 is 32.7 Å². The van der Waals surface area contributed by atoms with Crippen LogP contribution in [0.25, 0.3) is 0 Å². The molecule has 9 heavy (non-hydrogen) atoms. The van der Waals surface area contributed by atoms with Gasteiger partial charge in [0, 0.05) is 9.52 Å². The van der Waals surface area contributed by atoms with E-state index in [-0.39, 0.29) is 9.52 Å². The molecular weight excluding hydrogens is 171 g/mol. The lowest BCUT2D eigenvalue weighted by Gasteiger charge is -1.89. The Balaban J connectivity index is 3.00. The van der Waals surface area contributed by atoms with E-state index >= 15 is 0 Å². The van der Waals surface area contributed by atoms with Crippen molar-refractivity contribution in [1.29, 1.82) is 0 Å². The molecule has 3 heteroatoms. The number of rotatable bonds is 4. The summed E-state index contributed by atoms with van der Waals surface area (Å²) < 4.78 is 0.456. The maximum atomic E-state index is 5.42. The Labute approximate surface area is 69.1 Å². The molecule has 0 amide bonds. The first kappa shape index (κ1) is 9.54. The highest BCUT2D eigenvalue weighted by Gasteiger charge is 1.85. The molecule has 0 aliphatic heterocycles. The second kappa shape index (κ2) is 6.65. The summed E-state index contributed by atoms with van der Waals surface area (Å²) in [6.07, 6.45) is 2.60.